The molecule has 0 amide bonds. The average Bonchev–Trinajstić information content (AvgIpc) is 2.71. The summed E-state index contributed by atoms with van der Waals surface area (Å²) in [6.45, 7) is 11.5. The molecule has 0 unspecified atom stereocenters. The maximum Gasteiger partial charge on any atom is 0.209 e. The lowest BCUT2D eigenvalue weighted by molar-refractivity contribution is 0.518. The van der Waals surface area contributed by atoms with Crippen molar-refractivity contribution in [1.82, 2.24) is 25.5 Å². The molecule has 1 rings (SSSR count). The fraction of sp³-hybridized carbons (Fsp3) is 0.909. The third-order valence-electron chi connectivity index (χ3n) is 2.10. The van der Waals surface area contributed by atoms with E-state index < -0.39 is 0 Å². The first-order chi connectivity index (χ1) is 8.53. The molecule has 0 aromatic carbocycles. The quantitative estimate of drug-likeness (QED) is 0.583. The number of nitrogens with zero attached hydrogens (tertiary/aromatic N) is 4. The number of hydrogen-bond donors (Lipinski definition) is 1. The van der Waals surface area contributed by atoms with Crippen LogP contribution in [0.25, 0.3) is 0 Å². The molecule has 0 atom stereocenters. The highest BCUT2D eigenvalue weighted by molar-refractivity contribution is 8.03. The molecule has 5 nitrogen and oxygen atoms in total. The van der Waals surface area contributed by atoms with E-state index in [1.54, 1.807) is 11.8 Å². The molecule has 0 bridgehead atoms. The largest absolute Gasteiger partial charge is 0.315 e. The molecule has 0 saturated heterocycles. The highest BCUT2D eigenvalue weighted by Gasteiger charge is 2.11. The highest BCUT2D eigenvalue weighted by atomic mass is 32.2. The van der Waals surface area contributed by atoms with Gasteiger partial charge in [-0.1, -0.05) is 39.5 Å². The van der Waals surface area contributed by atoms with Crippen LogP contribution in [0.15, 0.2) is 5.16 Å². The summed E-state index contributed by atoms with van der Waals surface area (Å²) in [6.07, 6.45) is 0. The van der Waals surface area contributed by atoms with E-state index in [9.17, 15) is 0 Å². The van der Waals surface area contributed by atoms with Gasteiger partial charge in [-0.05, 0) is 17.0 Å². The first-order valence-corrected chi connectivity index (χ1v) is 8.23. The van der Waals surface area contributed by atoms with Crippen LogP contribution in [-0.2, 0) is 6.54 Å². The Balaban J connectivity index is 2.27. The van der Waals surface area contributed by atoms with Crippen molar-refractivity contribution in [2.45, 2.75) is 44.1 Å². The van der Waals surface area contributed by atoms with E-state index in [1.807, 2.05) is 16.4 Å². The lowest BCUT2D eigenvalue weighted by Gasteiger charge is -2.16. The Morgan fingerprint density at radius 3 is 2.72 bits per heavy atom. The topological polar surface area (TPSA) is 55.6 Å². The SMILES string of the molecule is CCNCCn1nnnc1SCCSC(C)(C)C. The van der Waals surface area contributed by atoms with Crippen LogP contribution in [0, 0.1) is 0 Å². The second-order valence-corrected chi connectivity index (χ2v) is 7.83. The molecule has 1 aromatic rings. The van der Waals surface area contributed by atoms with Crippen LogP contribution in [-0.4, -0.2) is 49.5 Å². The third kappa shape index (κ3) is 6.61. The van der Waals surface area contributed by atoms with Gasteiger partial charge >= 0.3 is 0 Å². The molecule has 1 heterocycles. The summed E-state index contributed by atoms with van der Waals surface area (Å²) in [5.74, 6) is 2.16. The second-order valence-electron chi connectivity index (χ2n) is 4.85. The molecule has 0 fully saturated rings. The Kier molecular flexibility index (Phi) is 7.03. The maximum atomic E-state index is 4.06. The smallest absolute Gasteiger partial charge is 0.209 e. The molecule has 0 aliphatic heterocycles. The summed E-state index contributed by atoms with van der Waals surface area (Å²) in [5, 5.41) is 16.0. The molecule has 0 spiro atoms. The first kappa shape index (κ1) is 15.8. The Labute approximate surface area is 118 Å². The van der Waals surface area contributed by atoms with Crippen LogP contribution in [0.1, 0.15) is 27.7 Å². The van der Waals surface area contributed by atoms with Crippen LogP contribution in [0.3, 0.4) is 0 Å². The van der Waals surface area contributed by atoms with Crippen LogP contribution in [0.2, 0.25) is 0 Å². The Morgan fingerprint density at radius 1 is 1.28 bits per heavy atom. The van der Waals surface area contributed by atoms with Crippen LogP contribution >= 0.6 is 23.5 Å². The summed E-state index contributed by atoms with van der Waals surface area (Å²) < 4.78 is 2.20. The van der Waals surface area contributed by atoms with Gasteiger partial charge in [-0.2, -0.15) is 11.8 Å². The minimum absolute atomic E-state index is 0.331. The van der Waals surface area contributed by atoms with Crippen molar-refractivity contribution >= 4 is 23.5 Å². The molecular weight excluding hydrogens is 266 g/mol. The van der Waals surface area contributed by atoms with Gasteiger partial charge < -0.3 is 5.32 Å². The fourth-order valence-corrected chi connectivity index (χ4v) is 3.12. The number of thioether (sulfide) groups is 2. The van der Waals surface area contributed by atoms with Gasteiger partial charge in [0.2, 0.25) is 5.16 Å². The number of rotatable bonds is 8. The minimum Gasteiger partial charge on any atom is -0.315 e. The normalized spacial score (nSPS) is 12.0. The Bertz CT molecular complexity index is 334. The standard InChI is InChI=1S/C11H23N5S2/c1-5-12-6-7-16-10(13-14-15-16)17-8-9-18-11(2,3)4/h12H,5-9H2,1-4H3. The molecule has 7 heteroatoms. The summed E-state index contributed by atoms with van der Waals surface area (Å²) in [5.41, 5.74) is 0. The van der Waals surface area contributed by atoms with Crippen molar-refractivity contribution < 1.29 is 0 Å². The van der Waals surface area contributed by atoms with Gasteiger partial charge in [0.25, 0.3) is 0 Å². The van der Waals surface area contributed by atoms with Crippen molar-refractivity contribution in [3.63, 3.8) is 0 Å². The molecular formula is C11H23N5S2. The van der Waals surface area contributed by atoms with E-state index in [0.29, 0.717) is 4.75 Å². The molecule has 104 valence electrons. The van der Waals surface area contributed by atoms with E-state index in [-0.39, 0.29) is 0 Å². The number of nitrogens with one attached hydrogen (secondary N) is 1. The van der Waals surface area contributed by atoms with Gasteiger partial charge in [0.05, 0.1) is 6.54 Å². The van der Waals surface area contributed by atoms with Crippen LogP contribution in [0.4, 0.5) is 0 Å². The summed E-state index contributed by atoms with van der Waals surface area (Å²) in [4.78, 5) is 0. The van der Waals surface area contributed by atoms with E-state index >= 15 is 0 Å². The van der Waals surface area contributed by atoms with Gasteiger partial charge in [-0.25, -0.2) is 4.68 Å². The van der Waals surface area contributed by atoms with Gasteiger partial charge in [0.1, 0.15) is 0 Å². The second kappa shape index (κ2) is 8.01. The number of hydrogen-bond acceptors (Lipinski definition) is 6. The zero-order valence-electron chi connectivity index (χ0n) is 11.6. The van der Waals surface area contributed by atoms with Crippen LogP contribution < -0.4 is 5.32 Å². The van der Waals surface area contributed by atoms with E-state index in [0.717, 1.165) is 36.3 Å². The first-order valence-electron chi connectivity index (χ1n) is 6.26. The Morgan fingerprint density at radius 2 is 2.06 bits per heavy atom. The molecule has 1 aromatic heterocycles. The maximum absolute atomic E-state index is 4.06. The van der Waals surface area contributed by atoms with Crippen molar-refractivity contribution in [2.75, 3.05) is 24.6 Å². The van der Waals surface area contributed by atoms with Crippen molar-refractivity contribution in [3.05, 3.63) is 0 Å². The highest BCUT2D eigenvalue weighted by Crippen LogP contribution is 2.25. The monoisotopic (exact) mass is 289 g/mol. The molecule has 0 radical (unpaired) electrons. The molecule has 0 saturated carbocycles. The summed E-state index contributed by atoms with van der Waals surface area (Å²) in [6, 6.07) is 0. The average molecular weight is 289 g/mol. The summed E-state index contributed by atoms with van der Waals surface area (Å²) in [7, 11) is 0. The fourth-order valence-electron chi connectivity index (χ4n) is 1.28. The zero-order chi connectivity index (χ0) is 13.4. The summed E-state index contributed by atoms with van der Waals surface area (Å²) >= 11 is 3.70. The number of tetrazole rings is 1. The van der Waals surface area contributed by atoms with Gasteiger partial charge in [0.15, 0.2) is 0 Å². The lowest BCUT2D eigenvalue weighted by atomic mass is 10.3. The molecule has 1 N–H and O–H groups in total. The predicted octanol–water partition coefficient (Wildman–Crippen LogP) is 1.91. The van der Waals surface area contributed by atoms with Crippen molar-refractivity contribution in [3.8, 4) is 0 Å². The predicted molar refractivity (Wildman–Crippen MR) is 79.3 cm³/mol. The van der Waals surface area contributed by atoms with Gasteiger partial charge in [-0.3, -0.25) is 0 Å². The third-order valence-corrected chi connectivity index (χ3v) is 4.59. The zero-order valence-corrected chi connectivity index (χ0v) is 13.3. The van der Waals surface area contributed by atoms with Crippen molar-refractivity contribution in [2.24, 2.45) is 0 Å². The Hall–Kier alpha value is -0.270. The minimum atomic E-state index is 0.331. The number of aromatic nitrogens is 4. The van der Waals surface area contributed by atoms with Gasteiger partial charge in [-0.15, -0.1) is 5.10 Å². The molecule has 0 aliphatic carbocycles. The van der Waals surface area contributed by atoms with E-state index in [1.165, 1.54) is 0 Å². The van der Waals surface area contributed by atoms with Crippen molar-refractivity contribution in [1.29, 1.82) is 0 Å². The van der Waals surface area contributed by atoms with E-state index in [4.69, 9.17) is 0 Å². The molecule has 18 heavy (non-hydrogen) atoms. The molecule has 0 aliphatic rings. The van der Waals surface area contributed by atoms with Gasteiger partial charge in [0, 0.05) is 22.8 Å². The van der Waals surface area contributed by atoms with E-state index in [2.05, 4.69) is 48.5 Å². The van der Waals surface area contributed by atoms with Crippen LogP contribution in [0.5, 0.6) is 0 Å². The number of likely N-dealkylation sites (N-methyl/N-ethyl adjacent to an activating group) is 1. The lowest BCUT2D eigenvalue weighted by Crippen LogP contribution is -2.20.